The number of rotatable bonds is 8. The number of aryl methyl sites for hydroxylation is 1. The largest absolute Gasteiger partial charge is 0.481 e. The predicted molar refractivity (Wildman–Crippen MR) is 79.5 cm³/mol. The summed E-state index contributed by atoms with van der Waals surface area (Å²) in [4.78, 5) is 29.5. The first-order valence-corrected chi connectivity index (χ1v) is 7.62. The number of alkyl halides is 3. The van der Waals surface area contributed by atoms with Gasteiger partial charge in [-0.25, -0.2) is 4.98 Å². The second-order valence-corrected chi connectivity index (χ2v) is 5.34. The van der Waals surface area contributed by atoms with Crippen molar-refractivity contribution >= 4 is 11.9 Å². The second kappa shape index (κ2) is 7.93. The minimum atomic E-state index is -4.68. The molecule has 0 spiro atoms. The first-order chi connectivity index (χ1) is 12.2. The van der Waals surface area contributed by atoms with Gasteiger partial charge in [0.2, 0.25) is 11.6 Å². The molecule has 0 aliphatic carbocycles. The first-order valence-electron chi connectivity index (χ1n) is 7.62. The van der Waals surface area contributed by atoms with E-state index >= 15 is 0 Å². The number of aliphatic carboxylic acids is 1. The van der Waals surface area contributed by atoms with E-state index in [4.69, 9.17) is 5.11 Å². The van der Waals surface area contributed by atoms with Gasteiger partial charge in [0.05, 0.1) is 0 Å². The van der Waals surface area contributed by atoms with Gasteiger partial charge in [-0.1, -0.05) is 6.42 Å². The molecule has 1 amide bonds. The van der Waals surface area contributed by atoms with Crippen LogP contribution in [-0.4, -0.2) is 53.5 Å². The Balaban J connectivity index is 1.93. The first kappa shape index (κ1) is 19.3. The fraction of sp³-hybridized carbons (Fsp3) is 0.538. The molecule has 0 fully saturated rings. The maximum absolute atomic E-state index is 12.5. The Morgan fingerprint density at radius 3 is 2.58 bits per heavy atom. The molecular weight excluding hydrogens is 359 g/mol. The zero-order valence-corrected chi connectivity index (χ0v) is 13.7. The Bertz CT molecular complexity index is 784. The molecule has 2 heterocycles. The number of hydrogen-bond acceptors (Lipinski definition) is 6. The van der Waals surface area contributed by atoms with Crippen LogP contribution >= 0.6 is 0 Å². The van der Waals surface area contributed by atoms with Crippen molar-refractivity contribution in [2.75, 3.05) is 6.54 Å². The highest BCUT2D eigenvalue weighted by Gasteiger charge is 2.35. The van der Waals surface area contributed by atoms with Gasteiger partial charge in [0, 0.05) is 13.0 Å². The van der Waals surface area contributed by atoms with E-state index in [9.17, 15) is 22.8 Å². The summed E-state index contributed by atoms with van der Waals surface area (Å²) in [5, 5.41) is 20.1. The average molecular weight is 375 g/mol. The van der Waals surface area contributed by atoms with E-state index in [0.717, 1.165) is 4.68 Å². The number of unbranched alkanes of at least 4 members (excludes halogenated alkanes) is 2. The van der Waals surface area contributed by atoms with Crippen molar-refractivity contribution in [3.05, 3.63) is 17.5 Å². The lowest BCUT2D eigenvalue weighted by Gasteiger charge is -2.01. The van der Waals surface area contributed by atoms with E-state index in [1.54, 1.807) is 5.10 Å². The predicted octanol–water partition coefficient (Wildman–Crippen LogP) is 1.09. The van der Waals surface area contributed by atoms with Crippen LogP contribution in [0.2, 0.25) is 0 Å². The number of carbonyl (C=O) groups is 2. The third-order valence-corrected chi connectivity index (χ3v) is 3.26. The molecule has 142 valence electrons. The molecule has 10 nitrogen and oxygen atoms in total. The van der Waals surface area contributed by atoms with E-state index < -0.39 is 23.9 Å². The number of aromatic nitrogens is 6. The molecule has 0 aliphatic heterocycles. The van der Waals surface area contributed by atoms with Crippen LogP contribution in [0.5, 0.6) is 0 Å². The molecule has 2 rings (SSSR count). The Morgan fingerprint density at radius 1 is 1.23 bits per heavy atom. The molecule has 0 saturated heterocycles. The number of nitrogens with zero attached hydrogens (tertiary/aromatic N) is 5. The third kappa shape index (κ3) is 5.00. The molecule has 0 saturated carbocycles. The summed E-state index contributed by atoms with van der Waals surface area (Å²) in [5.74, 6) is -3.22. The molecule has 2 aromatic heterocycles. The van der Waals surface area contributed by atoms with Crippen LogP contribution in [0, 0.1) is 6.92 Å². The number of halogens is 3. The monoisotopic (exact) mass is 375 g/mol. The molecule has 0 aliphatic rings. The molecule has 26 heavy (non-hydrogen) atoms. The fourth-order valence-electron chi connectivity index (χ4n) is 2.01. The second-order valence-electron chi connectivity index (χ2n) is 5.34. The summed E-state index contributed by atoms with van der Waals surface area (Å²) in [7, 11) is 0. The van der Waals surface area contributed by atoms with Gasteiger partial charge in [-0.15, -0.1) is 10.2 Å². The van der Waals surface area contributed by atoms with Gasteiger partial charge < -0.3 is 10.4 Å². The maximum Gasteiger partial charge on any atom is 0.451 e. The zero-order valence-electron chi connectivity index (χ0n) is 13.7. The van der Waals surface area contributed by atoms with Crippen LogP contribution in [0.3, 0.4) is 0 Å². The third-order valence-electron chi connectivity index (χ3n) is 3.26. The highest BCUT2D eigenvalue weighted by atomic mass is 19.4. The van der Waals surface area contributed by atoms with E-state index in [1.807, 2.05) is 0 Å². The quantitative estimate of drug-likeness (QED) is 0.587. The topological polar surface area (TPSA) is 139 Å². The van der Waals surface area contributed by atoms with Crippen molar-refractivity contribution < 1.29 is 27.9 Å². The normalized spacial score (nSPS) is 11.5. The molecule has 0 aromatic carbocycles. The van der Waals surface area contributed by atoms with Crippen LogP contribution in [-0.2, 0) is 11.0 Å². The minimum absolute atomic E-state index is 0.0652. The Hall–Kier alpha value is -2.99. The fourth-order valence-corrected chi connectivity index (χ4v) is 2.01. The average Bonchev–Trinajstić information content (AvgIpc) is 3.16. The van der Waals surface area contributed by atoms with Crippen LogP contribution < -0.4 is 5.32 Å². The van der Waals surface area contributed by atoms with E-state index in [2.05, 4.69) is 25.5 Å². The van der Waals surface area contributed by atoms with Gasteiger partial charge in [-0.3, -0.25) is 14.7 Å². The molecule has 0 bridgehead atoms. The minimum Gasteiger partial charge on any atom is -0.481 e. The number of amides is 1. The SMILES string of the molecule is Cc1nc(C(=O)NCCCCCC(=O)O)nn1-c1n[nH]c(C(F)(F)F)n1. The van der Waals surface area contributed by atoms with Gasteiger partial charge in [0.15, 0.2) is 0 Å². The Morgan fingerprint density at radius 2 is 1.96 bits per heavy atom. The highest BCUT2D eigenvalue weighted by molar-refractivity contribution is 5.90. The van der Waals surface area contributed by atoms with Gasteiger partial charge in [-0.2, -0.15) is 22.8 Å². The Kier molecular flexibility index (Phi) is 5.90. The standard InChI is InChI=1S/C13H16F3N7O3/c1-7-18-9(10(26)17-6-4-2-3-5-8(24)25)22-23(7)12-19-11(20-21-12)13(14,15)16/h2-6H2,1H3,(H,17,26)(H,24,25)(H,19,20,21). The lowest BCUT2D eigenvalue weighted by atomic mass is 10.2. The van der Waals surface area contributed by atoms with Gasteiger partial charge in [-0.05, 0) is 19.8 Å². The number of carboxylic acid groups (broad SMARTS) is 1. The molecule has 0 unspecified atom stereocenters. The number of hydrogen-bond donors (Lipinski definition) is 3. The molecule has 3 N–H and O–H groups in total. The smallest absolute Gasteiger partial charge is 0.451 e. The van der Waals surface area contributed by atoms with Crippen LogP contribution in [0.25, 0.3) is 5.95 Å². The van der Waals surface area contributed by atoms with E-state index in [0.29, 0.717) is 25.8 Å². The summed E-state index contributed by atoms with van der Waals surface area (Å²) in [6.07, 6.45) is -2.90. The van der Waals surface area contributed by atoms with E-state index in [-0.39, 0.29) is 24.0 Å². The summed E-state index contributed by atoms with van der Waals surface area (Å²) < 4.78 is 38.6. The molecule has 0 radical (unpaired) electrons. The van der Waals surface area contributed by atoms with E-state index in [1.165, 1.54) is 6.92 Å². The summed E-state index contributed by atoms with van der Waals surface area (Å²) in [6, 6.07) is 0. The maximum atomic E-state index is 12.5. The number of aromatic amines is 1. The lowest BCUT2D eigenvalue weighted by molar-refractivity contribution is -0.144. The lowest BCUT2D eigenvalue weighted by Crippen LogP contribution is -2.25. The van der Waals surface area contributed by atoms with Crippen LogP contribution in [0.4, 0.5) is 13.2 Å². The number of nitrogens with one attached hydrogen (secondary N) is 2. The number of carbonyl (C=O) groups excluding carboxylic acids is 1. The van der Waals surface area contributed by atoms with Gasteiger partial charge >= 0.3 is 12.1 Å². The number of H-pyrrole nitrogens is 1. The zero-order chi connectivity index (χ0) is 19.3. The summed E-state index contributed by atoms with van der Waals surface area (Å²) in [5.41, 5.74) is 0. The number of carboxylic acids is 1. The molecule has 2 aromatic rings. The molecule has 13 heteroatoms. The summed E-state index contributed by atoms with van der Waals surface area (Å²) >= 11 is 0. The Labute approximate surface area is 144 Å². The van der Waals surface area contributed by atoms with Gasteiger partial charge in [0.1, 0.15) is 5.82 Å². The van der Waals surface area contributed by atoms with Crippen molar-refractivity contribution in [2.45, 2.75) is 38.8 Å². The molecule has 0 atom stereocenters. The van der Waals surface area contributed by atoms with Crippen molar-refractivity contribution in [3.63, 3.8) is 0 Å². The van der Waals surface area contributed by atoms with Crippen molar-refractivity contribution in [2.24, 2.45) is 0 Å². The van der Waals surface area contributed by atoms with Crippen LogP contribution in [0.15, 0.2) is 0 Å². The van der Waals surface area contributed by atoms with Crippen molar-refractivity contribution in [3.8, 4) is 5.95 Å². The van der Waals surface area contributed by atoms with Crippen molar-refractivity contribution in [1.82, 2.24) is 35.3 Å². The highest BCUT2D eigenvalue weighted by Crippen LogP contribution is 2.26. The van der Waals surface area contributed by atoms with Gasteiger partial charge in [0.25, 0.3) is 11.9 Å². The van der Waals surface area contributed by atoms with Crippen molar-refractivity contribution in [1.29, 1.82) is 0 Å². The molecular formula is C13H16F3N7O3. The van der Waals surface area contributed by atoms with Crippen LogP contribution in [0.1, 0.15) is 48.0 Å². The summed E-state index contributed by atoms with van der Waals surface area (Å²) in [6.45, 7) is 1.74.